The van der Waals surface area contributed by atoms with Crippen LogP contribution in [0.2, 0.25) is 0 Å². The first kappa shape index (κ1) is 17.1. The van der Waals surface area contributed by atoms with E-state index in [0.29, 0.717) is 6.54 Å². The molecule has 2 aromatic rings. The lowest BCUT2D eigenvalue weighted by atomic mass is 9.99. The smallest absolute Gasteiger partial charge is 0.272 e. The number of halogens is 1. The average molecular weight is 341 g/mol. The third-order valence-electron chi connectivity index (χ3n) is 4.51. The van der Waals surface area contributed by atoms with Gasteiger partial charge in [0.05, 0.1) is 11.6 Å². The van der Waals surface area contributed by atoms with E-state index in [0.717, 1.165) is 13.0 Å². The Morgan fingerprint density at radius 1 is 1.04 bits per heavy atom. The highest BCUT2D eigenvalue weighted by atomic mass is 19.1. The highest BCUT2D eigenvalue weighted by molar-refractivity contribution is 5.96. The van der Waals surface area contributed by atoms with E-state index in [1.54, 1.807) is 13.0 Å². The molecule has 25 heavy (non-hydrogen) atoms. The number of rotatable bonds is 3. The fraction of sp³-hybridized carbons (Fsp3) is 0.263. The Kier molecular flexibility index (Phi) is 5.09. The number of hydrazine groups is 1. The molecular formula is C19H20FN3O2. The summed E-state index contributed by atoms with van der Waals surface area (Å²) in [6, 6.07) is 13.4. The lowest BCUT2D eigenvalue weighted by molar-refractivity contribution is -0.127. The zero-order valence-corrected chi connectivity index (χ0v) is 14.0. The first-order valence-electron chi connectivity index (χ1n) is 8.22. The number of carbonyl (C=O) groups is 2. The Hall–Kier alpha value is -2.73. The molecule has 1 heterocycles. The van der Waals surface area contributed by atoms with Gasteiger partial charge in [-0.1, -0.05) is 36.4 Å². The van der Waals surface area contributed by atoms with Crippen molar-refractivity contribution in [3.63, 3.8) is 0 Å². The second-order valence-corrected chi connectivity index (χ2v) is 6.09. The maximum atomic E-state index is 13.6. The molecule has 2 aromatic carbocycles. The highest BCUT2D eigenvalue weighted by Crippen LogP contribution is 2.20. The van der Waals surface area contributed by atoms with Crippen molar-refractivity contribution in [1.29, 1.82) is 0 Å². The van der Waals surface area contributed by atoms with E-state index in [4.69, 9.17) is 0 Å². The summed E-state index contributed by atoms with van der Waals surface area (Å²) in [6.45, 7) is 3.25. The van der Waals surface area contributed by atoms with Gasteiger partial charge in [0.1, 0.15) is 5.82 Å². The van der Waals surface area contributed by atoms with Crippen LogP contribution in [0, 0.1) is 5.82 Å². The van der Waals surface area contributed by atoms with Crippen LogP contribution in [0.25, 0.3) is 0 Å². The number of fused-ring (bicyclic) bond motifs is 1. The second kappa shape index (κ2) is 7.44. The quantitative estimate of drug-likeness (QED) is 0.840. The summed E-state index contributed by atoms with van der Waals surface area (Å²) in [6.07, 6.45) is 0.884. The first-order valence-corrected chi connectivity index (χ1v) is 8.22. The normalized spacial score (nSPS) is 15.1. The molecule has 0 aromatic heterocycles. The molecule has 0 bridgehead atoms. The number of hydrogen-bond donors (Lipinski definition) is 2. The molecule has 2 N–H and O–H groups in total. The van der Waals surface area contributed by atoms with Crippen LogP contribution in [0.5, 0.6) is 0 Å². The Morgan fingerprint density at radius 3 is 2.48 bits per heavy atom. The molecule has 0 saturated heterocycles. The lowest BCUT2D eigenvalue weighted by Gasteiger charge is -2.32. The van der Waals surface area contributed by atoms with E-state index < -0.39 is 17.8 Å². The van der Waals surface area contributed by atoms with Gasteiger partial charge in [0.25, 0.3) is 11.8 Å². The molecule has 0 fully saturated rings. The van der Waals surface area contributed by atoms with E-state index in [9.17, 15) is 14.0 Å². The molecule has 6 heteroatoms. The van der Waals surface area contributed by atoms with E-state index >= 15 is 0 Å². The summed E-state index contributed by atoms with van der Waals surface area (Å²) < 4.78 is 13.6. The van der Waals surface area contributed by atoms with Gasteiger partial charge >= 0.3 is 0 Å². The first-order chi connectivity index (χ1) is 12.1. The molecule has 0 aliphatic carbocycles. The summed E-state index contributed by atoms with van der Waals surface area (Å²) in [5, 5.41) is 0. The lowest BCUT2D eigenvalue weighted by Crippen LogP contribution is -2.52. The summed E-state index contributed by atoms with van der Waals surface area (Å²) in [5.74, 6) is -1.64. The predicted octanol–water partition coefficient (Wildman–Crippen LogP) is 2.03. The van der Waals surface area contributed by atoms with Crippen molar-refractivity contribution < 1.29 is 14.0 Å². The number of hydrogen-bond acceptors (Lipinski definition) is 3. The van der Waals surface area contributed by atoms with Crippen molar-refractivity contribution in [2.75, 3.05) is 6.54 Å². The van der Waals surface area contributed by atoms with Gasteiger partial charge in [-0.15, -0.1) is 0 Å². The minimum atomic E-state index is -0.678. The monoisotopic (exact) mass is 341 g/mol. The molecule has 1 unspecified atom stereocenters. The number of carbonyl (C=O) groups excluding carboxylic acids is 2. The van der Waals surface area contributed by atoms with Crippen LogP contribution in [-0.4, -0.2) is 29.3 Å². The largest absolute Gasteiger partial charge is 0.287 e. The number of amides is 2. The van der Waals surface area contributed by atoms with Gasteiger partial charge in [0.15, 0.2) is 0 Å². The highest BCUT2D eigenvalue weighted by Gasteiger charge is 2.25. The van der Waals surface area contributed by atoms with Gasteiger partial charge in [-0.2, -0.15) is 0 Å². The van der Waals surface area contributed by atoms with Gasteiger partial charge in [0, 0.05) is 13.1 Å². The molecule has 5 nitrogen and oxygen atoms in total. The summed E-state index contributed by atoms with van der Waals surface area (Å²) in [5.41, 5.74) is 7.06. The molecule has 1 aliphatic heterocycles. The van der Waals surface area contributed by atoms with Gasteiger partial charge in [0.2, 0.25) is 0 Å². The third kappa shape index (κ3) is 3.85. The van der Waals surface area contributed by atoms with Crippen molar-refractivity contribution in [2.24, 2.45) is 0 Å². The molecule has 0 radical (unpaired) electrons. The predicted molar refractivity (Wildman–Crippen MR) is 92.0 cm³/mol. The van der Waals surface area contributed by atoms with Crippen molar-refractivity contribution in [3.8, 4) is 0 Å². The van der Waals surface area contributed by atoms with E-state index in [-0.39, 0.29) is 11.5 Å². The second-order valence-electron chi connectivity index (χ2n) is 6.09. The Balaban J connectivity index is 1.57. The third-order valence-corrected chi connectivity index (χ3v) is 4.51. The van der Waals surface area contributed by atoms with Crippen LogP contribution in [0.3, 0.4) is 0 Å². The molecule has 3 rings (SSSR count). The van der Waals surface area contributed by atoms with Crippen LogP contribution in [-0.2, 0) is 17.8 Å². The number of benzene rings is 2. The Morgan fingerprint density at radius 2 is 1.72 bits per heavy atom. The minimum Gasteiger partial charge on any atom is -0.287 e. The Bertz CT molecular complexity index is 794. The minimum absolute atomic E-state index is 0.109. The van der Waals surface area contributed by atoms with Crippen LogP contribution >= 0.6 is 0 Å². The van der Waals surface area contributed by atoms with Crippen molar-refractivity contribution in [3.05, 3.63) is 71.0 Å². The van der Waals surface area contributed by atoms with Crippen LogP contribution in [0.4, 0.5) is 4.39 Å². The van der Waals surface area contributed by atoms with Gasteiger partial charge in [-0.05, 0) is 36.6 Å². The van der Waals surface area contributed by atoms with Crippen LogP contribution in [0.15, 0.2) is 48.5 Å². The Labute approximate surface area is 145 Å². The van der Waals surface area contributed by atoms with Crippen molar-refractivity contribution >= 4 is 11.8 Å². The fourth-order valence-electron chi connectivity index (χ4n) is 2.95. The van der Waals surface area contributed by atoms with Gasteiger partial charge in [-0.25, -0.2) is 4.39 Å². The van der Waals surface area contributed by atoms with E-state index in [1.165, 1.54) is 29.3 Å². The molecule has 0 saturated carbocycles. The standard InChI is InChI=1S/C19H20FN3O2/c1-13(23-11-10-14-6-2-3-7-15(14)12-23)18(24)21-22-19(25)16-8-4-5-9-17(16)20/h2-9,13H,10-12H2,1H3,(H,21,24)(H,22,25). The molecule has 2 amide bonds. The van der Waals surface area contributed by atoms with Gasteiger partial charge < -0.3 is 0 Å². The van der Waals surface area contributed by atoms with Crippen LogP contribution < -0.4 is 10.9 Å². The van der Waals surface area contributed by atoms with Gasteiger partial charge in [-0.3, -0.25) is 25.3 Å². The zero-order chi connectivity index (χ0) is 17.8. The summed E-state index contributed by atoms with van der Waals surface area (Å²) in [4.78, 5) is 26.3. The molecular weight excluding hydrogens is 321 g/mol. The molecule has 0 spiro atoms. The SMILES string of the molecule is CC(C(=O)NNC(=O)c1ccccc1F)N1CCc2ccccc2C1. The van der Waals surface area contributed by atoms with Crippen molar-refractivity contribution in [2.45, 2.75) is 25.9 Å². The fourth-order valence-corrected chi connectivity index (χ4v) is 2.95. The molecule has 1 atom stereocenters. The van der Waals surface area contributed by atoms with Crippen molar-refractivity contribution in [1.82, 2.24) is 15.8 Å². The zero-order valence-electron chi connectivity index (χ0n) is 14.0. The summed E-state index contributed by atoms with van der Waals surface area (Å²) in [7, 11) is 0. The topological polar surface area (TPSA) is 61.4 Å². The van der Waals surface area contributed by atoms with Crippen LogP contribution in [0.1, 0.15) is 28.4 Å². The molecule has 130 valence electrons. The summed E-state index contributed by atoms with van der Waals surface area (Å²) >= 11 is 0. The maximum absolute atomic E-state index is 13.6. The van der Waals surface area contributed by atoms with E-state index in [1.807, 2.05) is 17.0 Å². The maximum Gasteiger partial charge on any atom is 0.272 e. The van der Waals surface area contributed by atoms with E-state index in [2.05, 4.69) is 23.0 Å². The number of nitrogens with one attached hydrogen (secondary N) is 2. The average Bonchev–Trinajstić information content (AvgIpc) is 2.65. The molecule has 1 aliphatic rings. The number of nitrogens with zero attached hydrogens (tertiary/aromatic N) is 1.